The molecule has 1 aromatic carbocycles. The zero-order valence-electron chi connectivity index (χ0n) is 14.5. The molecule has 0 aliphatic carbocycles. The highest BCUT2D eigenvalue weighted by Crippen LogP contribution is 2.27. The van der Waals surface area contributed by atoms with Crippen LogP contribution in [-0.4, -0.2) is 51.9 Å². The van der Waals surface area contributed by atoms with Gasteiger partial charge >= 0.3 is 6.03 Å². The van der Waals surface area contributed by atoms with Crippen LogP contribution in [0, 0.1) is 13.8 Å². The van der Waals surface area contributed by atoms with Crippen molar-refractivity contribution in [3.05, 3.63) is 54.0 Å². The van der Waals surface area contributed by atoms with Crippen molar-refractivity contribution >= 4 is 22.6 Å². The monoisotopic (exact) mass is 335 g/mol. The molecule has 128 valence electrons. The van der Waals surface area contributed by atoms with Crippen molar-refractivity contribution in [1.82, 2.24) is 19.7 Å². The fourth-order valence-electron chi connectivity index (χ4n) is 3.35. The van der Waals surface area contributed by atoms with Crippen LogP contribution in [0.25, 0.3) is 10.9 Å². The topological polar surface area (TPSA) is 54.3 Å². The molecule has 3 heterocycles. The lowest BCUT2D eigenvalue weighted by molar-refractivity contribution is 0.193. The molecule has 3 aromatic rings. The second-order valence-electron chi connectivity index (χ2n) is 6.52. The highest BCUT2D eigenvalue weighted by molar-refractivity contribution is 5.92. The van der Waals surface area contributed by atoms with Crippen LogP contribution < -0.4 is 4.90 Å². The Labute approximate surface area is 146 Å². The van der Waals surface area contributed by atoms with Crippen LogP contribution in [-0.2, 0) is 0 Å². The number of fused-ring (bicyclic) bond motifs is 1. The van der Waals surface area contributed by atoms with Gasteiger partial charge in [0.25, 0.3) is 0 Å². The van der Waals surface area contributed by atoms with E-state index in [1.54, 1.807) is 12.4 Å². The third-order valence-corrected chi connectivity index (χ3v) is 4.62. The van der Waals surface area contributed by atoms with Crippen molar-refractivity contribution in [2.75, 3.05) is 31.1 Å². The summed E-state index contributed by atoms with van der Waals surface area (Å²) in [6.07, 6.45) is 3.48. The van der Waals surface area contributed by atoms with Crippen LogP contribution in [0.5, 0.6) is 0 Å². The van der Waals surface area contributed by atoms with Crippen molar-refractivity contribution in [2.45, 2.75) is 13.8 Å². The Balaban J connectivity index is 1.53. The lowest BCUT2D eigenvalue weighted by atomic mass is 10.1. The third kappa shape index (κ3) is 2.95. The second-order valence-corrected chi connectivity index (χ2v) is 6.52. The van der Waals surface area contributed by atoms with Crippen LogP contribution >= 0.6 is 0 Å². The molecule has 1 fully saturated rings. The molecule has 6 heteroatoms. The zero-order chi connectivity index (χ0) is 17.4. The molecule has 1 saturated heterocycles. The second kappa shape index (κ2) is 6.20. The maximum atomic E-state index is 12.5. The van der Waals surface area contributed by atoms with Gasteiger partial charge in [-0.25, -0.2) is 4.79 Å². The molecule has 0 unspecified atom stereocenters. The van der Waals surface area contributed by atoms with E-state index in [1.807, 2.05) is 36.9 Å². The largest absolute Gasteiger partial charge is 0.367 e. The Bertz CT molecular complexity index is 924. The van der Waals surface area contributed by atoms with Gasteiger partial charge in [-0.1, -0.05) is 18.2 Å². The number of aromatic nitrogens is 3. The van der Waals surface area contributed by atoms with Crippen LogP contribution in [0.2, 0.25) is 0 Å². The van der Waals surface area contributed by atoms with E-state index in [0.29, 0.717) is 13.1 Å². The minimum Gasteiger partial charge on any atom is -0.367 e. The number of carbonyl (C=O) groups excluding carboxylic acids is 1. The lowest BCUT2D eigenvalue weighted by Crippen LogP contribution is -2.50. The summed E-state index contributed by atoms with van der Waals surface area (Å²) >= 11 is 0. The SMILES string of the molecule is Cc1cnn(C(=O)N2CCN(c3cc(C)nc4ccccc34)CC2)c1. The van der Waals surface area contributed by atoms with Gasteiger partial charge in [0, 0.05) is 49.1 Å². The van der Waals surface area contributed by atoms with Crippen molar-refractivity contribution in [3.63, 3.8) is 0 Å². The minimum atomic E-state index is -0.0523. The number of para-hydroxylation sites is 1. The van der Waals surface area contributed by atoms with Crippen molar-refractivity contribution in [1.29, 1.82) is 0 Å². The van der Waals surface area contributed by atoms with Gasteiger partial charge in [-0.2, -0.15) is 9.78 Å². The molecule has 1 aliphatic rings. The first-order valence-corrected chi connectivity index (χ1v) is 8.54. The summed E-state index contributed by atoms with van der Waals surface area (Å²) in [5.41, 5.74) is 4.22. The molecule has 0 N–H and O–H groups in total. The van der Waals surface area contributed by atoms with E-state index in [9.17, 15) is 4.79 Å². The number of anilines is 1. The van der Waals surface area contributed by atoms with Crippen molar-refractivity contribution in [2.24, 2.45) is 0 Å². The summed E-state index contributed by atoms with van der Waals surface area (Å²) in [5, 5.41) is 5.29. The van der Waals surface area contributed by atoms with Crippen LogP contribution in [0.3, 0.4) is 0 Å². The summed E-state index contributed by atoms with van der Waals surface area (Å²) < 4.78 is 1.43. The molecule has 0 radical (unpaired) electrons. The normalized spacial score (nSPS) is 15.0. The van der Waals surface area contributed by atoms with Crippen molar-refractivity contribution < 1.29 is 4.79 Å². The van der Waals surface area contributed by atoms with Gasteiger partial charge in [0.05, 0.1) is 11.7 Å². The van der Waals surface area contributed by atoms with Gasteiger partial charge in [0.1, 0.15) is 0 Å². The maximum absolute atomic E-state index is 12.5. The molecule has 0 atom stereocenters. The summed E-state index contributed by atoms with van der Waals surface area (Å²) in [7, 11) is 0. The Kier molecular flexibility index (Phi) is 3.87. The summed E-state index contributed by atoms with van der Waals surface area (Å²) in [6.45, 7) is 6.95. The van der Waals surface area contributed by atoms with E-state index < -0.39 is 0 Å². The first-order chi connectivity index (χ1) is 12.1. The number of piperazine rings is 1. The Hall–Kier alpha value is -2.89. The highest BCUT2D eigenvalue weighted by Gasteiger charge is 2.24. The van der Waals surface area contributed by atoms with E-state index in [-0.39, 0.29) is 6.03 Å². The number of rotatable bonds is 1. The fraction of sp³-hybridized carbons (Fsp3) is 0.316. The van der Waals surface area contributed by atoms with E-state index in [1.165, 1.54) is 10.4 Å². The van der Waals surface area contributed by atoms with Gasteiger partial charge in [-0.3, -0.25) is 4.98 Å². The predicted octanol–water partition coefficient (Wildman–Crippen LogP) is 2.84. The highest BCUT2D eigenvalue weighted by atomic mass is 16.2. The molecular formula is C19H21N5O. The Morgan fingerprint density at radius 1 is 1.08 bits per heavy atom. The van der Waals surface area contributed by atoms with E-state index in [4.69, 9.17) is 0 Å². The molecule has 0 saturated carbocycles. The Morgan fingerprint density at radius 3 is 2.56 bits per heavy atom. The summed E-state index contributed by atoms with van der Waals surface area (Å²) in [5.74, 6) is 0. The van der Waals surface area contributed by atoms with E-state index in [0.717, 1.165) is 35.2 Å². The van der Waals surface area contributed by atoms with Crippen LogP contribution in [0.4, 0.5) is 10.5 Å². The predicted molar refractivity (Wildman–Crippen MR) is 98.0 cm³/mol. The minimum absolute atomic E-state index is 0.0523. The molecule has 1 aliphatic heterocycles. The maximum Gasteiger partial charge on any atom is 0.344 e. The number of nitrogens with zero attached hydrogens (tertiary/aromatic N) is 5. The van der Waals surface area contributed by atoms with Crippen LogP contribution in [0.1, 0.15) is 11.3 Å². The van der Waals surface area contributed by atoms with E-state index in [2.05, 4.69) is 27.1 Å². The number of aryl methyl sites for hydroxylation is 2. The van der Waals surface area contributed by atoms with Gasteiger partial charge in [0.2, 0.25) is 0 Å². The van der Waals surface area contributed by atoms with Gasteiger partial charge in [-0.15, -0.1) is 0 Å². The third-order valence-electron chi connectivity index (χ3n) is 4.62. The quantitative estimate of drug-likeness (QED) is 0.686. The standard InChI is InChI=1S/C19H21N5O/c1-14-12-20-24(13-14)19(25)23-9-7-22(8-10-23)18-11-15(2)21-17-6-4-3-5-16(17)18/h3-6,11-13H,7-10H2,1-2H3. The molecular weight excluding hydrogens is 314 g/mol. The molecule has 4 rings (SSSR count). The molecule has 6 nitrogen and oxygen atoms in total. The number of amides is 1. The number of carbonyl (C=O) groups is 1. The van der Waals surface area contributed by atoms with Gasteiger partial charge in [-0.05, 0) is 31.5 Å². The molecule has 2 aromatic heterocycles. The molecule has 25 heavy (non-hydrogen) atoms. The van der Waals surface area contributed by atoms with E-state index >= 15 is 0 Å². The first-order valence-electron chi connectivity index (χ1n) is 8.54. The smallest absolute Gasteiger partial charge is 0.344 e. The van der Waals surface area contributed by atoms with Gasteiger partial charge in [0.15, 0.2) is 0 Å². The average molecular weight is 335 g/mol. The van der Waals surface area contributed by atoms with Crippen molar-refractivity contribution in [3.8, 4) is 0 Å². The number of hydrogen-bond acceptors (Lipinski definition) is 4. The zero-order valence-corrected chi connectivity index (χ0v) is 14.5. The first kappa shape index (κ1) is 15.6. The molecule has 0 spiro atoms. The summed E-state index contributed by atoms with van der Waals surface area (Å²) in [6, 6.07) is 10.3. The Morgan fingerprint density at radius 2 is 1.84 bits per heavy atom. The van der Waals surface area contributed by atoms with Gasteiger partial charge < -0.3 is 9.80 Å². The number of hydrogen-bond donors (Lipinski definition) is 0. The van der Waals surface area contributed by atoms with Crippen LogP contribution in [0.15, 0.2) is 42.7 Å². The lowest BCUT2D eigenvalue weighted by Gasteiger charge is -2.36. The number of benzene rings is 1. The summed E-state index contributed by atoms with van der Waals surface area (Å²) in [4.78, 5) is 21.3. The molecule has 1 amide bonds. The average Bonchev–Trinajstić information content (AvgIpc) is 3.07. The molecule has 0 bridgehead atoms. The number of pyridine rings is 1. The fourth-order valence-corrected chi connectivity index (χ4v) is 3.35.